The summed E-state index contributed by atoms with van der Waals surface area (Å²) in [5, 5.41) is 10.7. The number of carbonyl (C=O) groups is 1. The summed E-state index contributed by atoms with van der Waals surface area (Å²) in [6.45, 7) is 0.757. The minimum Gasteiger partial charge on any atom is -0.313 e. The summed E-state index contributed by atoms with van der Waals surface area (Å²) in [7, 11) is 2.88. The van der Waals surface area contributed by atoms with Crippen LogP contribution in [0.2, 0.25) is 0 Å². The zero-order valence-corrected chi connectivity index (χ0v) is 20.0. The van der Waals surface area contributed by atoms with Gasteiger partial charge in [-0.2, -0.15) is 10.1 Å². The maximum atomic E-state index is 14.7. The number of halogens is 2. The number of nitrogens with zero attached hydrogens (tertiary/aromatic N) is 3. The maximum absolute atomic E-state index is 14.7. The van der Waals surface area contributed by atoms with Crippen molar-refractivity contribution in [3.8, 4) is 0 Å². The maximum Gasteiger partial charge on any atom is 0.365 e. The molecule has 180 valence electrons. The van der Waals surface area contributed by atoms with Gasteiger partial charge in [-0.1, -0.05) is 54.2 Å². The molecule has 0 radical (unpaired) electrons. The van der Waals surface area contributed by atoms with Gasteiger partial charge in [-0.3, -0.25) is 4.84 Å². The summed E-state index contributed by atoms with van der Waals surface area (Å²) in [5.74, 6) is -1.17. The van der Waals surface area contributed by atoms with Gasteiger partial charge in [0, 0.05) is 18.7 Å². The van der Waals surface area contributed by atoms with Gasteiger partial charge in [0.1, 0.15) is 21.5 Å². The lowest BCUT2D eigenvalue weighted by Crippen LogP contribution is -2.47. The first-order chi connectivity index (χ1) is 16.4. The highest BCUT2D eigenvalue weighted by Gasteiger charge is 2.49. The first-order valence-electron chi connectivity index (χ1n) is 11.2. The normalized spacial score (nSPS) is 20.1. The van der Waals surface area contributed by atoms with Gasteiger partial charge < -0.3 is 5.32 Å². The SMILES string of the molecule is CON(C)C(=O)N1N=C(c2cc(F)ccc2F)SC1(CCCNC1CC=CC1)c1ccccc1. The van der Waals surface area contributed by atoms with Gasteiger partial charge in [-0.25, -0.2) is 18.6 Å². The van der Waals surface area contributed by atoms with E-state index in [2.05, 4.69) is 22.6 Å². The second kappa shape index (κ2) is 10.7. The highest BCUT2D eigenvalue weighted by Crippen LogP contribution is 2.51. The van der Waals surface area contributed by atoms with Crippen molar-refractivity contribution < 1.29 is 18.4 Å². The molecule has 1 aliphatic carbocycles. The van der Waals surface area contributed by atoms with Crippen molar-refractivity contribution in [2.45, 2.75) is 36.6 Å². The van der Waals surface area contributed by atoms with Crippen LogP contribution in [-0.2, 0) is 9.71 Å². The lowest BCUT2D eigenvalue weighted by atomic mass is 10.00. The van der Waals surface area contributed by atoms with Crippen LogP contribution in [0.3, 0.4) is 0 Å². The molecule has 0 spiro atoms. The highest BCUT2D eigenvalue weighted by atomic mass is 32.2. The van der Waals surface area contributed by atoms with Crippen LogP contribution in [0.25, 0.3) is 0 Å². The topological polar surface area (TPSA) is 57.2 Å². The number of hydrazone groups is 1. The van der Waals surface area contributed by atoms with E-state index < -0.39 is 22.5 Å². The van der Waals surface area contributed by atoms with E-state index >= 15 is 0 Å². The molecule has 2 aliphatic rings. The first kappa shape index (κ1) is 24.4. The molecule has 1 heterocycles. The molecule has 4 rings (SSSR count). The lowest BCUT2D eigenvalue weighted by molar-refractivity contribution is -0.0805. The van der Waals surface area contributed by atoms with Crippen molar-refractivity contribution in [1.82, 2.24) is 15.4 Å². The Kier molecular flexibility index (Phi) is 7.65. The average Bonchev–Trinajstić information content (AvgIpc) is 3.52. The molecule has 0 saturated heterocycles. The fourth-order valence-electron chi connectivity index (χ4n) is 4.17. The molecule has 1 atom stereocenters. The van der Waals surface area contributed by atoms with Crippen LogP contribution in [0.15, 0.2) is 65.8 Å². The van der Waals surface area contributed by atoms with Crippen LogP contribution in [0.4, 0.5) is 13.6 Å². The molecule has 1 N–H and O–H groups in total. The van der Waals surface area contributed by atoms with Gasteiger partial charge in [0.05, 0.1) is 7.11 Å². The molecule has 1 unspecified atom stereocenters. The number of rotatable bonds is 8. The summed E-state index contributed by atoms with van der Waals surface area (Å²) in [6.07, 6.45) is 7.65. The third-order valence-electron chi connectivity index (χ3n) is 6.04. The Bertz CT molecular complexity index is 1070. The quantitative estimate of drug-likeness (QED) is 0.315. The standard InChI is InChI=1S/C25H28F2N4O2S/c1-30(33-2)24(32)31-25(18-9-4-3-5-10-18,15-8-16-28-20-11-6-7-12-20)34-23(29-31)21-17-19(26)13-14-22(21)27/h3-7,9-10,13-14,17,20,28H,8,11-12,15-16H2,1-2H3. The molecule has 0 saturated carbocycles. The zero-order valence-electron chi connectivity index (χ0n) is 19.2. The Morgan fingerprint density at radius 3 is 2.68 bits per heavy atom. The lowest BCUT2D eigenvalue weighted by Gasteiger charge is -2.37. The molecule has 9 heteroatoms. The van der Waals surface area contributed by atoms with Crippen LogP contribution < -0.4 is 5.32 Å². The number of nitrogens with one attached hydrogen (secondary N) is 1. The third kappa shape index (κ3) is 5.01. The molecular weight excluding hydrogens is 458 g/mol. The Morgan fingerprint density at radius 1 is 1.24 bits per heavy atom. The number of urea groups is 1. The van der Waals surface area contributed by atoms with E-state index in [1.165, 1.54) is 30.9 Å². The van der Waals surface area contributed by atoms with Crippen LogP contribution >= 0.6 is 11.8 Å². The van der Waals surface area contributed by atoms with E-state index in [4.69, 9.17) is 4.84 Å². The first-order valence-corrected chi connectivity index (χ1v) is 12.1. The van der Waals surface area contributed by atoms with Crippen molar-refractivity contribution in [2.75, 3.05) is 20.7 Å². The molecule has 2 aromatic rings. The summed E-state index contributed by atoms with van der Waals surface area (Å²) in [5.41, 5.74) is 0.867. The Hall–Kier alpha value is -2.75. The molecule has 0 aromatic heterocycles. The average molecular weight is 487 g/mol. The fourth-order valence-corrected chi connectivity index (χ4v) is 5.59. The molecule has 2 aromatic carbocycles. The number of hydroxylamine groups is 2. The van der Waals surface area contributed by atoms with E-state index in [1.807, 2.05) is 30.3 Å². The zero-order chi connectivity index (χ0) is 24.1. The molecular formula is C25H28F2N4O2S. The second-order valence-electron chi connectivity index (χ2n) is 8.25. The van der Waals surface area contributed by atoms with Gasteiger partial charge in [0.25, 0.3) is 0 Å². The number of carbonyl (C=O) groups excluding carboxylic acids is 1. The van der Waals surface area contributed by atoms with Gasteiger partial charge in [-0.05, 0) is 56.0 Å². The van der Waals surface area contributed by atoms with E-state index in [0.29, 0.717) is 12.5 Å². The van der Waals surface area contributed by atoms with Crippen molar-refractivity contribution in [3.05, 3.63) is 83.4 Å². The minimum absolute atomic E-state index is 0.0239. The number of hydrogen-bond donors (Lipinski definition) is 1. The van der Waals surface area contributed by atoms with Crippen LogP contribution in [-0.4, -0.2) is 47.9 Å². The monoisotopic (exact) mass is 486 g/mol. The Labute approximate surface area is 202 Å². The van der Waals surface area contributed by atoms with Crippen molar-refractivity contribution in [1.29, 1.82) is 0 Å². The number of benzene rings is 2. The van der Waals surface area contributed by atoms with Crippen molar-refractivity contribution >= 4 is 22.8 Å². The molecule has 1 aliphatic heterocycles. The summed E-state index contributed by atoms with van der Waals surface area (Å²) in [4.78, 5) is 17.5. The van der Waals surface area contributed by atoms with E-state index in [-0.39, 0.29) is 10.6 Å². The number of amides is 2. The smallest absolute Gasteiger partial charge is 0.313 e. The van der Waals surface area contributed by atoms with Crippen molar-refractivity contribution in [2.24, 2.45) is 5.10 Å². The highest BCUT2D eigenvalue weighted by molar-refractivity contribution is 8.15. The summed E-state index contributed by atoms with van der Waals surface area (Å²) in [6, 6.07) is 12.7. The van der Waals surface area contributed by atoms with E-state index in [0.717, 1.165) is 54.6 Å². The van der Waals surface area contributed by atoms with Gasteiger partial charge in [0.15, 0.2) is 0 Å². The van der Waals surface area contributed by atoms with Gasteiger partial charge in [-0.15, -0.1) is 0 Å². The third-order valence-corrected chi connectivity index (χ3v) is 7.49. The molecule has 0 fully saturated rings. The minimum atomic E-state index is -0.950. The molecule has 6 nitrogen and oxygen atoms in total. The fraction of sp³-hybridized carbons (Fsp3) is 0.360. The van der Waals surface area contributed by atoms with Crippen molar-refractivity contribution in [3.63, 3.8) is 0 Å². The predicted octanol–water partition coefficient (Wildman–Crippen LogP) is 5.23. The summed E-state index contributed by atoms with van der Waals surface area (Å²) < 4.78 is 28.7. The largest absolute Gasteiger partial charge is 0.365 e. The van der Waals surface area contributed by atoms with Crippen LogP contribution in [0.1, 0.15) is 36.8 Å². The molecule has 0 bridgehead atoms. The summed E-state index contributed by atoms with van der Waals surface area (Å²) >= 11 is 1.26. The van der Waals surface area contributed by atoms with Crippen LogP contribution in [0.5, 0.6) is 0 Å². The molecule has 34 heavy (non-hydrogen) atoms. The number of hydrogen-bond acceptors (Lipinski definition) is 5. The van der Waals surface area contributed by atoms with Crippen LogP contribution in [0, 0.1) is 11.6 Å². The molecule has 2 amide bonds. The Balaban J connectivity index is 1.69. The van der Waals surface area contributed by atoms with Gasteiger partial charge >= 0.3 is 6.03 Å². The predicted molar refractivity (Wildman–Crippen MR) is 130 cm³/mol. The number of thioether (sulfide) groups is 1. The van der Waals surface area contributed by atoms with E-state index in [9.17, 15) is 13.6 Å². The Morgan fingerprint density at radius 2 is 1.97 bits per heavy atom. The van der Waals surface area contributed by atoms with Gasteiger partial charge in [0.2, 0.25) is 0 Å². The van der Waals surface area contributed by atoms with E-state index in [1.54, 1.807) is 0 Å². The second-order valence-corrected chi connectivity index (χ2v) is 9.52.